The van der Waals surface area contributed by atoms with E-state index in [2.05, 4.69) is 19.7 Å². The Morgan fingerprint density at radius 1 is 1.36 bits per heavy atom. The predicted octanol–water partition coefficient (Wildman–Crippen LogP) is 2.20. The number of nitriles is 1. The van der Waals surface area contributed by atoms with E-state index in [-0.39, 0.29) is 0 Å². The minimum absolute atomic E-state index is 1.18. The highest BCUT2D eigenvalue weighted by molar-refractivity contribution is 4.93. The molecule has 0 aromatic rings. The zero-order valence-electron chi connectivity index (χ0n) is 6.10. The Morgan fingerprint density at radius 2 is 1.55 bits per heavy atom. The summed E-state index contributed by atoms with van der Waals surface area (Å²) in [5.41, 5.74) is 0. The van der Waals surface area contributed by atoms with E-state index in [9.17, 15) is 0 Å². The molecule has 0 saturated heterocycles. The molecule has 0 atom stereocenters. The quantitative estimate of drug-likeness (QED) is 0.272. The maximum atomic E-state index is 8.11. The number of hydrogen-bond donors (Lipinski definition) is 1. The van der Waals surface area contributed by atoms with Gasteiger partial charge in [-0.15, -0.1) is 4.91 Å². The van der Waals surface area contributed by atoms with Gasteiger partial charge in [-0.3, -0.25) is 0 Å². The van der Waals surface area contributed by atoms with E-state index < -0.39 is 0 Å². The average molecular weight is 154 g/mol. The van der Waals surface area contributed by atoms with Crippen molar-refractivity contribution in [2.75, 3.05) is 0 Å². The molecule has 0 radical (unpaired) electrons. The van der Waals surface area contributed by atoms with Crippen LogP contribution < -0.4 is 0 Å². The predicted molar refractivity (Wildman–Crippen MR) is 43.8 cm³/mol. The van der Waals surface area contributed by atoms with Crippen LogP contribution in [-0.2, 0) is 0 Å². The summed E-state index contributed by atoms with van der Waals surface area (Å²) in [5, 5.41) is 15.4. The van der Waals surface area contributed by atoms with Crippen molar-refractivity contribution in [1.82, 2.24) is 0 Å². The van der Waals surface area contributed by atoms with Gasteiger partial charge in [0.2, 0.25) is 0 Å². The van der Waals surface area contributed by atoms with Crippen LogP contribution in [0.4, 0.5) is 0 Å². The van der Waals surface area contributed by atoms with Crippen molar-refractivity contribution in [3.8, 4) is 6.07 Å². The van der Waals surface area contributed by atoms with Gasteiger partial charge < -0.3 is 5.21 Å². The van der Waals surface area contributed by atoms with Gasteiger partial charge in [0, 0.05) is 6.08 Å². The van der Waals surface area contributed by atoms with Crippen LogP contribution in [0.2, 0.25) is 0 Å². The molecule has 4 nitrogen and oxygen atoms in total. The molecule has 0 aromatic carbocycles. The molecule has 0 rings (SSSR count). The van der Waals surface area contributed by atoms with Crippen molar-refractivity contribution >= 4 is 0 Å². The average Bonchev–Trinajstić information content (AvgIpc) is 2.06. The number of hydrogen-bond acceptors (Lipinski definition) is 3. The van der Waals surface area contributed by atoms with Gasteiger partial charge in [0.05, 0.1) is 6.07 Å². The highest BCUT2D eigenvalue weighted by Gasteiger charge is 1.34. The van der Waals surface area contributed by atoms with E-state index in [1.807, 2.05) is 0 Å². The Balaban J connectivity index is -0.0000000886. The van der Waals surface area contributed by atoms with Crippen molar-refractivity contribution in [3.63, 3.8) is 0 Å². The van der Waals surface area contributed by atoms with E-state index in [4.69, 9.17) is 15.4 Å². The van der Waals surface area contributed by atoms with Crippen LogP contribution in [0.25, 0.3) is 0 Å². The van der Waals surface area contributed by atoms with Gasteiger partial charge in [-0.2, -0.15) is 5.26 Å². The van der Waals surface area contributed by atoms with Crippen LogP contribution >= 0.6 is 0 Å². The molecule has 0 amide bonds. The van der Waals surface area contributed by atoms with Crippen molar-refractivity contribution < 1.29 is 5.21 Å². The second-order valence-electron chi connectivity index (χ2n) is 0.886. The third-order valence-corrected chi connectivity index (χ3v) is 0.258. The van der Waals surface area contributed by atoms with E-state index in [1.165, 1.54) is 11.4 Å². The minimum atomic E-state index is 1.18. The third-order valence-electron chi connectivity index (χ3n) is 0.258. The Kier molecular flexibility index (Phi) is 61.8. The summed E-state index contributed by atoms with van der Waals surface area (Å²) < 4.78 is 0. The molecule has 0 aliphatic heterocycles. The van der Waals surface area contributed by atoms with Gasteiger partial charge in [-0.05, 0) is 0 Å². The Hall–Kier alpha value is -1.89. The second kappa shape index (κ2) is 42.4. The maximum absolute atomic E-state index is 8.11. The molecule has 0 aliphatic carbocycles. The number of rotatable bonds is 1. The molecule has 0 spiro atoms. The highest BCUT2D eigenvalue weighted by atomic mass is 16.6. The van der Waals surface area contributed by atoms with E-state index in [0.29, 0.717) is 0 Å². The van der Waals surface area contributed by atoms with Gasteiger partial charge in [-0.1, -0.05) is 31.9 Å². The summed E-state index contributed by atoms with van der Waals surface area (Å²) in [6.45, 7) is 9.84. The monoisotopic (exact) mass is 154 g/mol. The van der Waals surface area contributed by atoms with Gasteiger partial charge in [0.25, 0.3) is 0 Å². The molecule has 0 unspecified atom stereocenters. The molecule has 0 saturated carbocycles. The highest BCUT2D eigenvalue weighted by Crippen LogP contribution is 1.52. The molecule has 0 aliphatic rings. The fraction of sp³-hybridized carbons (Fsp3) is 0. The molecule has 0 fully saturated rings. The van der Waals surface area contributed by atoms with Crippen LogP contribution in [0.1, 0.15) is 0 Å². The fourth-order valence-electron chi connectivity index (χ4n) is 0. The first-order chi connectivity index (χ1) is 5.24. The van der Waals surface area contributed by atoms with Crippen LogP contribution in [0.5, 0.6) is 0 Å². The fourth-order valence-corrected chi connectivity index (χ4v) is 0. The van der Waals surface area contributed by atoms with Crippen LogP contribution in [0.3, 0.4) is 0 Å². The molecule has 0 bridgehead atoms. The van der Waals surface area contributed by atoms with Gasteiger partial charge in [-0.25, -0.2) is 0 Å². The first-order valence-corrected chi connectivity index (χ1v) is 2.45. The normalized spacial score (nSPS) is 4.27. The van der Waals surface area contributed by atoms with E-state index in [0.717, 1.165) is 0 Å². The lowest BCUT2D eigenvalue weighted by Gasteiger charge is -1.44. The summed E-state index contributed by atoms with van der Waals surface area (Å²) in [4.78, 5) is 8.11. The SMILES string of the molecule is C=CC#N.C=CC=C.O=NO. The van der Waals surface area contributed by atoms with Crippen LogP contribution in [-0.4, -0.2) is 5.21 Å². The van der Waals surface area contributed by atoms with Crippen molar-refractivity contribution in [2.45, 2.75) is 0 Å². The summed E-state index contributed by atoms with van der Waals surface area (Å²) >= 11 is 0. The molecule has 0 heterocycles. The zero-order valence-corrected chi connectivity index (χ0v) is 6.10. The lowest BCUT2D eigenvalue weighted by atomic mass is 10.6. The van der Waals surface area contributed by atoms with Crippen molar-refractivity contribution in [3.05, 3.63) is 42.9 Å². The van der Waals surface area contributed by atoms with Gasteiger partial charge in [0.15, 0.2) is 5.34 Å². The van der Waals surface area contributed by atoms with Gasteiger partial charge in [0.1, 0.15) is 0 Å². The molecular weight excluding hydrogens is 144 g/mol. The molecule has 11 heavy (non-hydrogen) atoms. The number of allylic oxidation sites excluding steroid dienone is 3. The molecule has 4 heteroatoms. The van der Waals surface area contributed by atoms with Gasteiger partial charge >= 0.3 is 0 Å². The Bertz CT molecular complexity index is 141. The van der Waals surface area contributed by atoms with Crippen molar-refractivity contribution in [2.24, 2.45) is 5.34 Å². The second-order valence-corrected chi connectivity index (χ2v) is 0.886. The summed E-state index contributed by atoms with van der Waals surface area (Å²) in [6, 6.07) is 1.69. The summed E-state index contributed by atoms with van der Waals surface area (Å²) in [6.07, 6.45) is 4.46. The standard InChI is InChI=1S/C4H6.C3H3N.HNO2/c1-3-4-2;1-2-3-4;2-1-3/h3-4H,1-2H2;2H,1H2;(H,2,3). The molecular formula is C7H10N2O2. The van der Waals surface area contributed by atoms with Crippen LogP contribution in [0.15, 0.2) is 43.3 Å². The minimum Gasteiger partial charge on any atom is -0.379 e. The summed E-state index contributed by atoms with van der Waals surface area (Å²) in [5.74, 6) is 0. The zero-order chi connectivity index (χ0) is 9.54. The molecule has 1 N–H and O–H groups in total. The third kappa shape index (κ3) is 25000. The smallest absolute Gasteiger partial charge is 0.152 e. The molecule has 60 valence electrons. The topological polar surface area (TPSA) is 73.5 Å². The maximum Gasteiger partial charge on any atom is 0.152 e. The lowest BCUT2D eigenvalue weighted by molar-refractivity contribution is 0.312. The number of nitrogens with zero attached hydrogens (tertiary/aromatic N) is 2. The molecule has 0 aromatic heterocycles. The van der Waals surface area contributed by atoms with Crippen LogP contribution in [0, 0.1) is 16.2 Å². The lowest BCUT2D eigenvalue weighted by Crippen LogP contribution is -1.25. The van der Waals surface area contributed by atoms with E-state index in [1.54, 1.807) is 18.2 Å². The Labute approximate surface area is 65.7 Å². The summed E-state index contributed by atoms with van der Waals surface area (Å²) in [7, 11) is 0. The first-order valence-electron chi connectivity index (χ1n) is 2.45. The first kappa shape index (κ1) is 16.1. The largest absolute Gasteiger partial charge is 0.379 e. The van der Waals surface area contributed by atoms with Crippen molar-refractivity contribution in [1.29, 1.82) is 5.26 Å². The Morgan fingerprint density at radius 3 is 1.55 bits per heavy atom. The van der Waals surface area contributed by atoms with E-state index >= 15 is 0 Å².